The highest BCUT2D eigenvalue weighted by molar-refractivity contribution is 6.05. The summed E-state index contributed by atoms with van der Waals surface area (Å²) >= 11 is 0. The van der Waals surface area contributed by atoms with E-state index in [9.17, 15) is 4.79 Å². The van der Waals surface area contributed by atoms with Crippen LogP contribution in [0.2, 0.25) is 0 Å². The minimum atomic E-state index is -0.413. The predicted octanol–water partition coefficient (Wildman–Crippen LogP) is 1.72. The highest BCUT2D eigenvalue weighted by Gasteiger charge is 2.11. The lowest BCUT2D eigenvalue weighted by molar-refractivity contribution is 0.100. The number of primary amides is 1. The van der Waals surface area contributed by atoms with Crippen molar-refractivity contribution in [2.45, 2.75) is 19.9 Å². The van der Waals surface area contributed by atoms with Crippen LogP contribution in [0.3, 0.4) is 0 Å². The van der Waals surface area contributed by atoms with E-state index in [2.05, 4.69) is 5.10 Å². The highest BCUT2D eigenvalue weighted by atomic mass is 16.1. The number of nitrogens with two attached hydrogens (primary N) is 1. The van der Waals surface area contributed by atoms with Gasteiger partial charge in [-0.25, -0.2) is 0 Å². The molecule has 4 heteroatoms. The molecule has 1 heterocycles. The molecule has 0 aliphatic heterocycles. The maximum absolute atomic E-state index is 11.2. The van der Waals surface area contributed by atoms with Crippen molar-refractivity contribution in [3.63, 3.8) is 0 Å². The topological polar surface area (TPSA) is 60.9 Å². The zero-order valence-corrected chi connectivity index (χ0v) is 8.77. The van der Waals surface area contributed by atoms with Gasteiger partial charge in [0.25, 0.3) is 0 Å². The minimum absolute atomic E-state index is 0.269. The average molecular weight is 203 g/mol. The summed E-state index contributed by atoms with van der Waals surface area (Å²) in [5.74, 6) is -0.413. The lowest BCUT2D eigenvalue weighted by Gasteiger charge is -2.07. The molecule has 15 heavy (non-hydrogen) atoms. The van der Waals surface area contributed by atoms with Gasteiger partial charge in [-0.2, -0.15) is 5.10 Å². The quantitative estimate of drug-likeness (QED) is 0.807. The summed E-state index contributed by atoms with van der Waals surface area (Å²) in [7, 11) is 0. The lowest BCUT2D eigenvalue weighted by Crippen LogP contribution is -2.11. The number of nitrogens with zero attached hydrogens (tertiary/aromatic N) is 2. The Morgan fingerprint density at radius 2 is 2.20 bits per heavy atom. The Kier molecular flexibility index (Phi) is 2.19. The first-order chi connectivity index (χ1) is 7.11. The third kappa shape index (κ3) is 1.48. The number of hydrogen-bond acceptors (Lipinski definition) is 2. The summed E-state index contributed by atoms with van der Waals surface area (Å²) in [6, 6.07) is 5.75. The first-order valence-electron chi connectivity index (χ1n) is 4.87. The summed E-state index contributed by atoms with van der Waals surface area (Å²) in [6.07, 6.45) is 1.69. The van der Waals surface area contributed by atoms with Crippen molar-refractivity contribution in [3.8, 4) is 0 Å². The summed E-state index contributed by atoms with van der Waals surface area (Å²) < 4.78 is 1.88. The van der Waals surface area contributed by atoms with Gasteiger partial charge in [-0.15, -0.1) is 0 Å². The Morgan fingerprint density at radius 3 is 2.80 bits per heavy atom. The van der Waals surface area contributed by atoms with E-state index in [1.807, 2.05) is 30.7 Å². The van der Waals surface area contributed by atoms with Crippen molar-refractivity contribution in [1.29, 1.82) is 0 Å². The Labute approximate surface area is 87.7 Å². The number of amides is 1. The molecule has 0 radical (unpaired) electrons. The maximum Gasteiger partial charge on any atom is 0.249 e. The number of rotatable bonds is 2. The third-order valence-corrected chi connectivity index (χ3v) is 2.40. The van der Waals surface area contributed by atoms with Crippen LogP contribution in [-0.4, -0.2) is 15.7 Å². The van der Waals surface area contributed by atoms with Crippen LogP contribution in [0, 0.1) is 0 Å². The first-order valence-corrected chi connectivity index (χ1v) is 4.87. The second kappa shape index (κ2) is 3.38. The molecule has 1 amide bonds. The van der Waals surface area contributed by atoms with E-state index in [0.29, 0.717) is 5.56 Å². The maximum atomic E-state index is 11.2. The van der Waals surface area contributed by atoms with Crippen LogP contribution in [-0.2, 0) is 0 Å². The molecule has 2 rings (SSSR count). The van der Waals surface area contributed by atoms with Gasteiger partial charge in [-0.05, 0) is 26.0 Å². The van der Waals surface area contributed by atoms with Crippen molar-refractivity contribution >= 4 is 16.8 Å². The molecule has 0 saturated carbocycles. The zero-order chi connectivity index (χ0) is 11.0. The van der Waals surface area contributed by atoms with E-state index in [1.165, 1.54) is 0 Å². The summed E-state index contributed by atoms with van der Waals surface area (Å²) in [5.41, 5.74) is 6.76. The second-order valence-corrected chi connectivity index (χ2v) is 3.79. The summed E-state index contributed by atoms with van der Waals surface area (Å²) in [5, 5.41) is 5.07. The van der Waals surface area contributed by atoms with E-state index in [1.54, 1.807) is 12.3 Å². The Morgan fingerprint density at radius 1 is 1.47 bits per heavy atom. The van der Waals surface area contributed by atoms with Crippen LogP contribution in [0.15, 0.2) is 24.4 Å². The second-order valence-electron chi connectivity index (χ2n) is 3.79. The first kappa shape index (κ1) is 9.71. The van der Waals surface area contributed by atoms with Crippen molar-refractivity contribution in [2.75, 3.05) is 0 Å². The van der Waals surface area contributed by atoms with Crippen LogP contribution in [0.5, 0.6) is 0 Å². The predicted molar refractivity (Wildman–Crippen MR) is 58.6 cm³/mol. The normalized spacial score (nSPS) is 11.1. The van der Waals surface area contributed by atoms with Gasteiger partial charge < -0.3 is 5.73 Å². The van der Waals surface area contributed by atoms with E-state index < -0.39 is 5.91 Å². The smallest absolute Gasteiger partial charge is 0.249 e. The Balaban J connectivity index is 2.74. The molecule has 1 aromatic carbocycles. The number of aromatic nitrogens is 2. The molecule has 78 valence electrons. The zero-order valence-electron chi connectivity index (χ0n) is 8.77. The van der Waals surface area contributed by atoms with Gasteiger partial charge >= 0.3 is 0 Å². The fourth-order valence-corrected chi connectivity index (χ4v) is 1.70. The number of benzene rings is 1. The molecular formula is C11H13N3O. The largest absolute Gasteiger partial charge is 0.366 e. The van der Waals surface area contributed by atoms with Gasteiger partial charge in [0.1, 0.15) is 0 Å². The van der Waals surface area contributed by atoms with Gasteiger partial charge in [0.15, 0.2) is 0 Å². The molecule has 0 saturated heterocycles. The molecule has 4 nitrogen and oxygen atoms in total. The highest BCUT2D eigenvalue weighted by Crippen LogP contribution is 2.20. The van der Waals surface area contributed by atoms with Crippen LogP contribution >= 0.6 is 0 Å². The monoisotopic (exact) mass is 203 g/mol. The van der Waals surface area contributed by atoms with E-state index >= 15 is 0 Å². The fraction of sp³-hybridized carbons (Fsp3) is 0.273. The molecule has 0 atom stereocenters. The van der Waals surface area contributed by atoms with Gasteiger partial charge in [0, 0.05) is 11.4 Å². The summed E-state index contributed by atoms with van der Waals surface area (Å²) in [4.78, 5) is 11.2. The molecule has 2 N–H and O–H groups in total. The Hall–Kier alpha value is -1.84. The number of hydrogen-bond donors (Lipinski definition) is 1. The summed E-state index contributed by atoms with van der Waals surface area (Å²) in [6.45, 7) is 4.09. The molecule has 0 aliphatic rings. The van der Waals surface area contributed by atoms with E-state index in [4.69, 9.17) is 5.73 Å². The van der Waals surface area contributed by atoms with Crippen molar-refractivity contribution in [1.82, 2.24) is 9.78 Å². The molecule has 1 aromatic heterocycles. The van der Waals surface area contributed by atoms with Gasteiger partial charge in [0.05, 0.1) is 17.3 Å². The van der Waals surface area contributed by atoms with Crippen LogP contribution in [0.25, 0.3) is 10.9 Å². The standard InChI is InChI=1S/C11H13N3O/c1-7(2)14-10-5-3-4-8(11(12)15)9(10)6-13-14/h3-7H,1-2H3,(H2,12,15). The fourth-order valence-electron chi connectivity index (χ4n) is 1.70. The van der Waals surface area contributed by atoms with Crippen LogP contribution in [0.4, 0.5) is 0 Å². The third-order valence-electron chi connectivity index (χ3n) is 2.40. The number of carbonyl (C=O) groups excluding carboxylic acids is 1. The molecule has 0 fully saturated rings. The van der Waals surface area contributed by atoms with Crippen LogP contribution in [0.1, 0.15) is 30.2 Å². The van der Waals surface area contributed by atoms with Crippen molar-refractivity contribution < 1.29 is 4.79 Å². The van der Waals surface area contributed by atoms with E-state index in [0.717, 1.165) is 10.9 Å². The minimum Gasteiger partial charge on any atom is -0.366 e. The van der Waals surface area contributed by atoms with Crippen LogP contribution < -0.4 is 5.73 Å². The SMILES string of the molecule is CC(C)n1ncc2c(C(N)=O)cccc21. The van der Waals surface area contributed by atoms with Gasteiger partial charge in [-0.1, -0.05) is 6.07 Å². The van der Waals surface area contributed by atoms with Crippen molar-refractivity contribution in [3.05, 3.63) is 30.0 Å². The van der Waals surface area contributed by atoms with E-state index in [-0.39, 0.29) is 6.04 Å². The lowest BCUT2D eigenvalue weighted by atomic mass is 10.1. The molecule has 2 aromatic rings. The average Bonchev–Trinajstić information content (AvgIpc) is 2.59. The molecule has 0 aliphatic carbocycles. The molecule has 0 unspecified atom stereocenters. The Bertz CT molecular complexity index is 514. The van der Waals surface area contributed by atoms with Gasteiger partial charge in [0.2, 0.25) is 5.91 Å². The molecule has 0 spiro atoms. The number of fused-ring (bicyclic) bond motifs is 1. The van der Waals surface area contributed by atoms with Gasteiger partial charge in [-0.3, -0.25) is 9.48 Å². The molecular weight excluding hydrogens is 190 g/mol. The molecule has 0 bridgehead atoms. The number of carbonyl (C=O) groups is 1. The van der Waals surface area contributed by atoms with Crippen molar-refractivity contribution in [2.24, 2.45) is 5.73 Å².